The standard InChI is InChI=1S/C33H28ClN5O3S/c1-19-7-10-24-25(11-12-35-27(24)14-20-5-4-6-22(34)13-20)29(19)39-33(40)26-17-43-31-30(26)37-18-38-32(31)36-16-21-8-9-23(41-2)15-28(21)42-3/h4-13,15,17-18H,14,16H2,1-3H3,(H,39,40)(H,36,37,38). The van der Waals surface area contributed by atoms with E-state index in [4.69, 9.17) is 21.1 Å². The van der Waals surface area contributed by atoms with Crippen molar-refractivity contribution in [2.45, 2.75) is 19.9 Å². The number of aromatic nitrogens is 3. The molecule has 0 aliphatic carbocycles. The summed E-state index contributed by atoms with van der Waals surface area (Å²) in [5.74, 6) is 1.83. The van der Waals surface area contributed by atoms with Crippen LogP contribution < -0.4 is 20.1 Å². The highest BCUT2D eigenvalue weighted by atomic mass is 35.5. The van der Waals surface area contributed by atoms with Crippen LogP contribution in [0.3, 0.4) is 0 Å². The molecule has 0 fully saturated rings. The van der Waals surface area contributed by atoms with Crippen LogP contribution >= 0.6 is 22.9 Å². The van der Waals surface area contributed by atoms with Crippen LogP contribution in [0.1, 0.15) is 32.7 Å². The second-order valence-electron chi connectivity index (χ2n) is 9.95. The van der Waals surface area contributed by atoms with Gasteiger partial charge in [-0.3, -0.25) is 9.78 Å². The number of nitrogens with zero attached hydrogens (tertiary/aromatic N) is 3. The molecule has 216 valence electrons. The Morgan fingerprint density at radius 3 is 2.67 bits per heavy atom. The molecule has 3 aromatic carbocycles. The van der Waals surface area contributed by atoms with Gasteiger partial charge >= 0.3 is 0 Å². The normalized spacial score (nSPS) is 11.1. The number of methoxy groups -OCH3 is 2. The smallest absolute Gasteiger partial charge is 0.258 e. The number of pyridine rings is 1. The van der Waals surface area contributed by atoms with E-state index in [9.17, 15) is 4.79 Å². The van der Waals surface area contributed by atoms with Gasteiger partial charge in [0.1, 0.15) is 23.6 Å². The molecule has 6 rings (SSSR count). The van der Waals surface area contributed by atoms with Crippen molar-refractivity contribution in [3.63, 3.8) is 0 Å². The summed E-state index contributed by atoms with van der Waals surface area (Å²) in [6.07, 6.45) is 3.87. The number of hydrogen-bond acceptors (Lipinski definition) is 8. The van der Waals surface area contributed by atoms with Crippen LogP contribution in [0.15, 0.2) is 78.6 Å². The molecule has 0 aliphatic heterocycles. The van der Waals surface area contributed by atoms with Crippen LogP contribution in [0.5, 0.6) is 11.5 Å². The van der Waals surface area contributed by atoms with Gasteiger partial charge in [-0.15, -0.1) is 11.3 Å². The number of carbonyl (C=O) groups is 1. The topological polar surface area (TPSA) is 98.3 Å². The van der Waals surface area contributed by atoms with Gasteiger partial charge < -0.3 is 20.1 Å². The van der Waals surface area contributed by atoms with E-state index < -0.39 is 0 Å². The minimum atomic E-state index is -0.239. The van der Waals surface area contributed by atoms with Crippen molar-refractivity contribution < 1.29 is 14.3 Å². The molecule has 0 radical (unpaired) electrons. The highest BCUT2D eigenvalue weighted by Gasteiger charge is 2.19. The predicted molar refractivity (Wildman–Crippen MR) is 173 cm³/mol. The second kappa shape index (κ2) is 12.2. The minimum absolute atomic E-state index is 0.239. The van der Waals surface area contributed by atoms with E-state index in [0.29, 0.717) is 46.4 Å². The van der Waals surface area contributed by atoms with Gasteiger partial charge in [-0.1, -0.05) is 35.9 Å². The minimum Gasteiger partial charge on any atom is -0.497 e. The van der Waals surface area contributed by atoms with Crippen molar-refractivity contribution >= 4 is 61.3 Å². The zero-order valence-corrected chi connectivity index (χ0v) is 25.3. The van der Waals surface area contributed by atoms with Gasteiger partial charge in [-0.2, -0.15) is 0 Å². The first-order chi connectivity index (χ1) is 20.9. The molecule has 0 unspecified atom stereocenters. The summed E-state index contributed by atoms with van der Waals surface area (Å²) in [5, 5.41) is 10.9. The van der Waals surface area contributed by atoms with Crippen molar-refractivity contribution in [2.24, 2.45) is 0 Å². The van der Waals surface area contributed by atoms with E-state index in [1.54, 1.807) is 20.4 Å². The van der Waals surface area contributed by atoms with E-state index in [0.717, 1.165) is 43.5 Å². The molecule has 3 aromatic heterocycles. The molecule has 43 heavy (non-hydrogen) atoms. The van der Waals surface area contributed by atoms with E-state index in [2.05, 4.69) is 31.7 Å². The molecule has 2 N–H and O–H groups in total. The lowest BCUT2D eigenvalue weighted by molar-refractivity contribution is 0.102. The van der Waals surface area contributed by atoms with Crippen molar-refractivity contribution in [2.75, 3.05) is 24.9 Å². The van der Waals surface area contributed by atoms with Gasteiger partial charge in [0.15, 0.2) is 0 Å². The molecule has 10 heteroatoms. The highest BCUT2D eigenvalue weighted by Crippen LogP contribution is 2.34. The number of aryl methyl sites for hydroxylation is 1. The molecule has 0 bridgehead atoms. The lowest BCUT2D eigenvalue weighted by Crippen LogP contribution is -2.13. The van der Waals surface area contributed by atoms with Crippen LogP contribution in [0.4, 0.5) is 11.5 Å². The van der Waals surface area contributed by atoms with E-state index in [1.807, 2.05) is 66.9 Å². The largest absolute Gasteiger partial charge is 0.497 e. The van der Waals surface area contributed by atoms with Crippen LogP contribution in [-0.4, -0.2) is 35.1 Å². The summed E-state index contributed by atoms with van der Waals surface area (Å²) in [7, 11) is 3.24. The van der Waals surface area contributed by atoms with Gasteiger partial charge in [-0.05, 0) is 48.4 Å². The number of fused-ring (bicyclic) bond motifs is 2. The number of ether oxygens (including phenoxy) is 2. The van der Waals surface area contributed by atoms with Gasteiger partial charge in [0.2, 0.25) is 0 Å². The van der Waals surface area contributed by atoms with Crippen LogP contribution in [0.2, 0.25) is 5.02 Å². The summed E-state index contributed by atoms with van der Waals surface area (Å²) in [6, 6.07) is 19.4. The third kappa shape index (κ3) is 5.82. The van der Waals surface area contributed by atoms with Gasteiger partial charge in [-0.25, -0.2) is 9.97 Å². The molecule has 0 saturated heterocycles. The average molecular weight is 610 g/mol. The van der Waals surface area contributed by atoms with Crippen LogP contribution in [0, 0.1) is 6.92 Å². The highest BCUT2D eigenvalue weighted by molar-refractivity contribution is 7.18. The van der Waals surface area contributed by atoms with E-state index in [-0.39, 0.29) is 5.91 Å². The summed E-state index contributed by atoms with van der Waals surface area (Å²) in [4.78, 5) is 27.3. The average Bonchev–Trinajstić information content (AvgIpc) is 3.46. The Labute approximate surface area is 257 Å². The monoisotopic (exact) mass is 609 g/mol. The van der Waals surface area contributed by atoms with Crippen molar-refractivity contribution in [3.8, 4) is 11.5 Å². The van der Waals surface area contributed by atoms with Crippen molar-refractivity contribution in [1.82, 2.24) is 15.0 Å². The maximum absolute atomic E-state index is 13.7. The molecular weight excluding hydrogens is 582 g/mol. The lowest BCUT2D eigenvalue weighted by Gasteiger charge is -2.14. The third-order valence-electron chi connectivity index (χ3n) is 7.27. The summed E-state index contributed by atoms with van der Waals surface area (Å²) >= 11 is 7.63. The Hall–Kier alpha value is -4.73. The zero-order chi connectivity index (χ0) is 29.9. The Morgan fingerprint density at radius 2 is 1.86 bits per heavy atom. The molecule has 3 heterocycles. The first-order valence-electron chi connectivity index (χ1n) is 13.5. The molecule has 0 atom stereocenters. The maximum atomic E-state index is 13.7. The predicted octanol–water partition coefficient (Wildman–Crippen LogP) is 7.67. The van der Waals surface area contributed by atoms with Gasteiger partial charge in [0.05, 0.1) is 41.4 Å². The number of amides is 1. The Bertz CT molecular complexity index is 1980. The number of nitrogens with one attached hydrogen (secondary N) is 2. The van der Waals surface area contributed by atoms with E-state index >= 15 is 0 Å². The molecule has 1 amide bonds. The zero-order valence-electron chi connectivity index (χ0n) is 23.8. The number of anilines is 2. The van der Waals surface area contributed by atoms with Gasteiger partial charge in [0.25, 0.3) is 5.91 Å². The maximum Gasteiger partial charge on any atom is 0.258 e. The second-order valence-corrected chi connectivity index (χ2v) is 11.3. The molecule has 0 spiro atoms. The van der Waals surface area contributed by atoms with Gasteiger partial charge in [0, 0.05) is 52.0 Å². The number of carbonyl (C=O) groups excluding carboxylic acids is 1. The van der Waals surface area contributed by atoms with E-state index in [1.165, 1.54) is 17.7 Å². The Morgan fingerprint density at radius 1 is 0.977 bits per heavy atom. The number of hydrogen-bond donors (Lipinski definition) is 2. The molecule has 0 aliphatic rings. The number of thiophene rings is 1. The Balaban J connectivity index is 1.27. The first-order valence-corrected chi connectivity index (χ1v) is 14.8. The fraction of sp³-hybridized carbons (Fsp3) is 0.152. The van der Waals surface area contributed by atoms with Crippen LogP contribution in [-0.2, 0) is 13.0 Å². The summed E-state index contributed by atoms with van der Waals surface area (Å²) in [5.41, 5.74) is 5.69. The molecule has 6 aromatic rings. The molecule has 0 saturated carbocycles. The molecule has 8 nitrogen and oxygen atoms in total. The van der Waals surface area contributed by atoms with Crippen molar-refractivity contribution in [3.05, 3.63) is 112 Å². The fourth-order valence-electron chi connectivity index (χ4n) is 5.07. The first kappa shape index (κ1) is 28.4. The summed E-state index contributed by atoms with van der Waals surface area (Å²) in [6.45, 7) is 2.45. The molecular formula is C33H28ClN5O3S. The van der Waals surface area contributed by atoms with Crippen LogP contribution in [0.25, 0.3) is 21.0 Å². The quantitative estimate of drug-likeness (QED) is 0.173. The lowest BCUT2D eigenvalue weighted by atomic mass is 10.00. The SMILES string of the molecule is COc1ccc(CNc2ncnc3c(C(=O)Nc4c(C)ccc5c(Cc6cccc(Cl)c6)nccc45)csc23)c(OC)c1. The van der Waals surface area contributed by atoms with Crippen molar-refractivity contribution in [1.29, 1.82) is 0 Å². The summed E-state index contributed by atoms with van der Waals surface area (Å²) < 4.78 is 11.6. The number of benzene rings is 3. The Kier molecular flexibility index (Phi) is 8.09. The number of halogens is 1. The number of rotatable bonds is 9. The third-order valence-corrected chi connectivity index (χ3v) is 8.49. The fourth-order valence-corrected chi connectivity index (χ4v) is 6.25.